The van der Waals surface area contributed by atoms with Gasteiger partial charge in [-0.1, -0.05) is 32.0 Å². The number of carbonyl (C=O) groups is 4. The van der Waals surface area contributed by atoms with E-state index in [0.717, 1.165) is 19.1 Å². The Labute approximate surface area is 245 Å². The van der Waals surface area contributed by atoms with Gasteiger partial charge in [-0.15, -0.1) is 0 Å². The smallest absolute Gasteiger partial charge is 0.418 e. The highest BCUT2D eigenvalue weighted by Crippen LogP contribution is 2.46. The van der Waals surface area contributed by atoms with Crippen LogP contribution in [-0.4, -0.2) is 70.3 Å². The van der Waals surface area contributed by atoms with Crippen LogP contribution in [0.25, 0.3) is 0 Å². The van der Waals surface area contributed by atoms with Crippen LogP contribution in [0.5, 0.6) is 0 Å². The summed E-state index contributed by atoms with van der Waals surface area (Å²) in [4.78, 5) is 52.9. The largest absolute Gasteiger partial charge is 0.427 e. The number of aliphatic hydroxyl groups is 1. The number of anilines is 1. The first-order valence-corrected chi connectivity index (χ1v) is 13.6. The number of aliphatic hydroxyl groups excluding tert-OH is 1. The average Bonchev–Trinajstić information content (AvgIpc) is 3.41. The van der Waals surface area contributed by atoms with Crippen LogP contribution < -0.4 is 10.6 Å². The summed E-state index contributed by atoms with van der Waals surface area (Å²) >= 11 is 0. The molecule has 1 saturated heterocycles. The standard InChI is InChI=1S/C29H32F4N4O6/c1-16(2)23(15-38)35-26(41)34-21-8-9-22-19(12-21)10-11-28(22)25(40)37(27(42)43-28)14-24(39)36(17(3)29(31,32)33)13-18-4-6-20(30)7-5-18/h4-9,12,16-17,23,38H,10-11,13-15H2,1-3H3,(H2,34,35,41)/t17?,23?,28-/m1/s1. The number of alkyl halides is 3. The second-order valence-electron chi connectivity index (χ2n) is 11.0. The molecule has 2 aromatic rings. The minimum absolute atomic E-state index is 0.0137. The number of ether oxygens (including phenoxy) is 1. The molecule has 232 valence electrons. The summed E-state index contributed by atoms with van der Waals surface area (Å²) < 4.78 is 59.8. The van der Waals surface area contributed by atoms with E-state index in [-0.39, 0.29) is 30.9 Å². The van der Waals surface area contributed by atoms with Crippen molar-refractivity contribution in [1.82, 2.24) is 15.1 Å². The Bertz CT molecular complexity index is 1400. The van der Waals surface area contributed by atoms with Gasteiger partial charge in [-0.05, 0) is 54.7 Å². The molecular weight excluding hydrogens is 576 g/mol. The van der Waals surface area contributed by atoms with E-state index in [1.807, 2.05) is 13.8 Å². The van der Waals surface area contributed by atoms with Crippen LogP contribution in [0.3, 0.4) is 0 Å². The highest BCUT2D eigenvalue weighted by atomic mass is 19.4. The van der Waals surface area contributed by atoms with E-state index in [9.17, 15) is 41.8 Å². The predicted molar refractivity (Wildman–Crippen MR) is 145 cm³/mol. The molecule has 0 aromatic heterocycles. The molecule has 2 aromatic carbocycles. The van der Waals surface area contributed by atoms with Crippen LogP contribution in [0, 0.1) is 11.7 Å². The lowest BCUT2D eigenvalue weighted by molar-refractivity contribution is -0.187. The Balaban J connectivity index is 1.51. The first-order valence-electron chi connectivity index (χ1n) is 13.6. The molecule has 2 aliphatic rings. The summed E-state index contributed by atoms with van der Waals surface area (Å²) in [5, 5.41) is 14.8. The summed E-state index contributed by atoms with van der Waals surface area (Å²) in [5.41, 5.74) is -0.219. The van der Waals surface area contributed by atoms with E-state index in [1.165, 1.54) is 24.3 Å². The molecule has 43 heavy (non-hydrogen) atoms. The van der Waals surface area contributed by atoms with Gasteiger partial charge in [0, 0.05) is 24.2 Å². The Hall–Kier alpha value is -4.20. The fourth-order valence-electron chi connectivity index (χ4n) is 5.12. The van der Waals surface area contributed by atoms with E-state index >= 15 is 0 Å². The normalized spacial score (nSPS) is 19.3. The van der Waals surface area contributed by atoms with Gasteiger partial charge in [0.25, 0.3) is 5.91 Å². The van der Waals surface area contributed by atoms with Crippen molar-refractivity contribution >= 4 is 29.6 Å². The predicted octanol–water partition coefficient (Wildman–Crippen LogP) is 4.06. The maximum Gasteiger partial charge on any atom is 0.418 e. The zero-order valence-electron chi connectivity index (χ0n) is 23.7. The minimum atomic E-state index is -4.81. The molecule has 3 atom stereocenters. The van der Waals surface area contributed by atoms with Gasteiger partial charge in [0.2, 0.25) is 11.5 Å². The monoisotopic (exact) mass is 608 g/mol. The van der Waals surface area contributed by atoms with Gasteiger partial charge in [0.05, 0.1) is 12.6 Å². The number of benzene rings is 2. The van der Waals surface area contributed by atoms with Crippen LogP contribution in [0.15, 0.2) is 42.5 Å². The third-order valence-corrected chi connectivity index (χ3v) is 7.76. The fourth-order valence-corrected chi connectivity index (χ4v) is 5.12. The van der Waals surface area contributed by atoms with Crippen molar-refractivity contribution in [2.45, 2.75) is 64.0 Å². The number of hydrogen-bond donors (Lipinski definition) is 3. The number of aryl methyl sites for hydroxylation is 1. The van der Waals surface area contributed by atoms with Gasteiger partial charge in [-0.2, -0.15) is 13.2 Å². The molecular formula is C29H32F4N4O6. The van der Waals surface area contributed by atoms with Crippen molar-refractivity contribution in [3.63, 3.8) is 0 Å². The van der Waals surface area contributed by atoms with Crippen LogP contribution in [0.2, 0.25) is 0 Å². The first kappa shape index (κ1) is 31.7. The Kier molecular flexibility index (Phi) is 9.00. The minimum Gasteiger partial charge on any atom is -0.427 e. The van der Waals surface area contributed by atoms with Gasteiger partial charge in [-0.3, -0.25) is 9.59 Å². The summed E-state index contributed by atoms with van der Waals surface area (Å²) in [5.74, 6) is -2.65. The van der Waals surface area contributed by atoms with Crippen molar-refractivity contribution in [3.8, 4) is 0 Å². The molecule has 14 heteroatoms. The summed E-state index contributed by atoms with van der Waals surface area (Å²) in [6, 6.07) is 5.90. The van der Waals surface area contributed by atoms with Gasteiger partial charge in [0.1, 0.15) is 18.4 Å². The van der Waals surface area contributed by atoms with E-state index in [1.54, 1.807) is 6.07 Å². The number of amides is 5. The van der Waals surface area contributed by atoms with Crippen molar-refractivity contribution in [2.24, 2.45) is 5.92 Å². The topological polar surface area (TPSA) is 128 Å². The Morgan fingerprint density at radius 1 is 1.12 bits per heavy atom. The maximum absolute atomic E-state index is 13.7. The number of imide groups is 1. The van der Waals surface area contributed by atoms with Crippen LogP contribution in [0.4, 0.5) is 32.8 Å². The lowest BCUT2D eigenvalue weighted by Gasteiger charge is -2.31. The zero-order chi connectivity index (χ0) is 31.7. The van der Waals surface area contributed by atoms with Crippen molar-refractivity contribution in [1.29, 1.82) is 0 Å². The van der Waals surface area contributed by atoms with Crippen molar-refractivity contribution < 1.29 is 46.6 Å². The summed E-state index contributed by atoms with van der Waals surface area (Å²) in [6.45, 7) is 2.68. The van der Waals surface area contributed by atoms with Crippen LogP contribution in [0.1, 0.15) is 43.9 Å². The molecule has 1 aliphatic heterocycles. The molecule has 3 N–H and O–H groups in total. The number of nitrogens with one attached hydrogen (secondary N) is 2. The molecule has 0 radical (unpaired) electrons. The fraction of sp³-hybridized carbons (Fsp3) is 0.448. The quantitative estimate of drug-likeness (QED) is 0.369. The number of hydrogen-bond acceptors (Lipinski definition) is 6. The molecule has 0 saturated carbocycles. The molecule has 1 spiro atoms. The maximum atomic E-state index is 13.7. The number of urea groups is 1. The summed E-state index contributed by atoms with van der Waals surface area (Å²) in [6.07, 6.45) is -5.67. The second-order valence-corrected chi connectivity index (χ2v) is 11.0. The number of fused-ring (bicyclic) bond motifs is 2. The number of halogens is 4. The molecule has 4 rings (SSSR count). The second kappa shape index (κ2) is 12.2. The van der Waals surface area contributed by atoms with E-state index in [4.69, 9.17) is 4.74 Å². The Morgan fingerprint density at radius 3 is 2.40 bits per heavy atom. The van der Waals surface area contributed by atoms with Gasteiger partial charge in [-0.25, -0.2) is 18.9 Å². The van der Waals surface area contributed by atoms with E-state index in [2.05, 4.69) is 10.6 Å². The molecule has 1 fully saturated rings. The molecule has 5 amide bonds. The highest BCUT2D eigenvalue weighted by molar-refractivity contribution is 6.06. The number of nitrogens with zero attached hydrogens (tertiary/aromatic N) is 2. The molecule has 10 nitrogen and oxygen atoms in total. The molecule has 1 heterocycles. The van der Waals surface area contributed by atoms with Gasteiger partial charge in [0.15, 0.2) is 0 Å². The van der Waals surface area contributed by atoms with E-state index < -0.39 is 66.7 Å². The third kappa shape index (κ3) is 6.58. The molecule has 1 aliphatic carbocycles. The van der Waals surface area contributed by atoms with Gasteiger partial charge >= 0.3 is 18.3 Å². The zero-order valence-corrected chi connectivity index (χ0v) is 23.7. The lowest BCUT2D eigenvalue weighted by Crippen LogP contribution is -2.51. The van der Waals surface area contributed by atoms with E-state index in [0.29, 0.717) is 26.6 Å². The molecule has 2 unspecified atom stereocenters. The number of rotatable bonds is 9. The average molecular weight is 609 g/mol. The lowest BCUT2D eigenvalue weighted by atomic mass is 9.94. The van der Waals surface area contributed by atoms with Crippen LogP contribution in [-0.2, 0) is 32.9 Å². The first-order chi connectivity index (χ1) is 20.2. The molecule has 0 bridgehead atoms. The Morgan fingerprint density at radius 2 is 1.79 bits per heavy atom. The summed E-state index contributed by atoms with van der Waals surface area (Å²) in [7, 11) is 0. The van der Waals surface area contributed by atoms with Crippen molar-refractivity contribution in [2.75, 3.05) is 18.5 Å². The SMILES string of the molecule is CC(C)C(CO)NC(=O)Nc1ccc2c(c1)CC[C@@]21OC(=O)N(CC(=O)N(Cc2ccc(F)cc2)C(C)C(F)(F)F)C1=O. The van der Waals surface area contributed by atoms with Gasteiger partial charge < -0.3 is 25.4 Å². The number of carbonyl (C=O) groups excluding carboxylic acids is 4. The van der Waals surface area contributed by atoms with Crippen molar-refractivity contribution in [3.05, 3.63) is 65.0 Å². The third-order valence-electron chi connectivity index (χ3n) is 7.76. The van der Waals surface area contributed by atoms with Crippen LogP contribution >= 0.6 is 0 Å². The highest BCUT2D eigenvalue weighted by Gasteiger charge is 2.58.